The Morgan fingerprint density at radius 1 is 1.32 bits per heavy atom. The van der Waals surface area contributed by atoms with Gasteiger partial charge in [0.05, 0.1) is 11.3 Å². The third-order valence-electron chi connectivity index (χ3n) is 3.76. The second-order valence-corrected chi connectivity index (χ2v) is 6.01. The predicted octanol–water partition coefficient (Wildman–Crippen LogP) is 3.42. The first-order chi connectivity index (χ1) is 10.7. The van der Waals surface area contributed by atoms with E-state index < -0.39 is 5.82 Å². The number of carbonyl (C=O) groups is 1. The Morgan fingerprint density at radius 3 is 2.64 bits per heavy atom. The van der Waals surface area contributed by atoms with Gasteiger partial charge in [-0.05, 0) is 31.2 Å². The summed E-state index contributed by atoms with van der Waals surface area (Å²) in [5, 5.41) is 0.534. The Kier molecular flexibility index (Phi) is 4.11. The summed E-state index contributed by atoms with van der Waals surface area (Å²) in [7, 11) is 1.92. The summed E-state index contributed by atoms with van der Waals surface area (Å²) in [6, 6.07) is 6.76. The Hall–Kier alpha value is -1.95. The van der Waals surface area contributed by atoms with Crippen LogP contribution in [0.15, 0.2) is 29.4 Å². The van der Waals surface area contributed by atoms with Crippen molar-refractivity contribution in [3.63, 3.8) is 0 Å². The highest BCUT2D eigenvalue weighted by Gasteiger charge is 2.30. The van der Waals surface area contributed by atoms with Gasteiger partial charge in [-0.25, -0.2) is 14.4 Å². The van der Waals surface area contributed by atoms with Crippen molar-refractivity contribution in [2.75, 3.05) is 18.2 Å². The lowest BCUT2D eigenvalue weighted by atomic mass is 10.1. The zero-order chi connectivity index (χ0) is 15.7. The first-order valence-electron chi connectivity index (χ1n) is 7.04. The van der Waals surface area contributed by atoms with Crippen LogP contribution >= 0.6 is 11.8 Å². The molecule has 114 valence electrons. The van der Waals surface area contributed by atoms with Crippen molar-refractivity contribution in [3.8, 4) is 11.3 Å². The fraction of sp³-hybridized carbons (Fsp3) is 0.312. The van der Waals surface area contributed by atoms with Crippen LogP contribution < -0.4 is 4.90 Å². The number of carbonyl (C=O) groups excluding carboxylic acids is 1. The second-order valence-electron chi connectivity index (χ2n) is 5.24. The first kappa shape index (κ1) is 15.0. The van der Waals surface area contributed by atoms with Crippen molar-refractivity contribution in [2.45, 2.75) is 24.0 Å². The van der Waals surface area contributed by atoms with Gasteiger partial charge in [0.2, 0.25) is 0 Å². The normalized spacial score (nSPS) is 14.0. The van der Waals surface area contributed by atoms with E-state index in [9.17, 15) is 9.18 Å². The molecule has 1 aliphatic carbocycles. The van der Waals surface area contributed by atoms with Gasteiger partial charge < -0.3 is 4.90 Å². The number of benzene rings is 1. The molecule has 0 amide bonds. The Labute approximate surface area is 132 Å². The van der Waals surface area contributed by atoms with E-state index in [1.807, 2.05) is 18.2 Å². The number of halogens is 1. The minimum Gasteiger partial charge on any atom is -0.356 e. The lowest BCUT2D eigenvalue weighted by molar-refractivity contribution is 0.112. The van der Waals surface area contributed by atoms with Gasteiger partial charge in [0.25, 0.3) is 0 Å². The molecule has 22 heavy (non-hydrogen) atoms. The SMILES string of the molecule is CSc1nc(-c2ccccc2F)c(C=O)c(N(C)C2CC2)n1. The molecule has 1 aromatic carbocycles. The summed E-state index contributed by atoms with van der Waals surface area (Å²) in [4.78, 5) is 22.5. The van der Waals surface area contributed by atoms with Crippen LogP contribution in [0.4, 0.5) is 10.2 Å². The lowest BCUT2D eigenvalue weighted by Crippen LogP contribution is -2.23. The van der Waals surface area contributed by atoms with E-state index in [0.717, 1.165) is 19.1 Å². The molecule has 6 heteroatoms. The topological polar surface area (TPSA) is 46.1 Å². The molecule has 0 saturated heterocycles. The molecule has 1 fully saturated rings. The average Bonchev–Trinajstić information content (AvgIpc) is 3.38. The van der Waals surface area contributed by atoms with Crippen molar-refractivity contribution in [2.24, 2.45) is 0 Å². The number of aromatic nitrogens is 2. The van der Waals surface area contributed by atoms with Gasteiger partial charge in [0.15, 0.2) is 11.4 Å². The molecule has 1 aliphatic rings. The number of anilines is 1. The van der Waals surface area contributed by atoms with E-state index in [1.165, 1.54) is 17.8 Å². The van der Waals surface area contributed by atoms with Crippen LogP contribution in [0.2, 0.25) is 0 Å². The average molecular weight is 317 g/mol. The number of hydrogen-bond donors (Lipinski definition) is 0. The van der Waals surface area contributed by atoms with E-state index in [0.29, 0.717) is 33.8 Å². The number of aldehydes is 1. The standard InChI is InChI=1S/C16H16FN3OS/c1-20(10-7-8-10)15-12(9-21)14(18-16(19-15)22-2)11-5-3-4-6-13(11)17/h3-6,9-10H,7-8H2,1-2H3. The number of rotatable bonds is 5. The van der Waals surface area contributed by atoms with Crippen LogP contribution in [-0.4, -0.2) is 35.6 Å². The van der Waals surface area contributed by atoms with Crippen LogP contribution in [0.3, 0.4) is 0 Å². The van der Waals surface area contributed by atoms with E-state index >= 15 is 0 Å². The summed E-state index contributed by atoms with van der Waals surface area (Å²) in [5.74, 6) is 0.187. The predicted molar refractivity (Wildman–Crippen MR) is 86.0 cm³/mol. The number of thioether (sulfide) groups is 1. The molecule has 0 bridgehead atoms. The molecule has 4 nitrogen and oxygen atoms in total. The maximum atomic E-state index is 14.1. The molecule has 1 aromatic heterocycles. The summed E-state index contributed by atoms with van der Waals surface area (Å²) in [6.07, 6.45) is 4.76. The number of hydrogen-bond acceptors (Lipinski definition) is 5. The van der Waals surface area contributed by atoms with Crippen LogP contribution in [0, 0.1) is 5.82 Å². The van der Waals surface area contributed by atoms with Gasteiger partial charge in [0.1, 0.15) is 11.6 Å². The molecule has 0 unspecified atom stereocenters. The van der Waals surface area contributed by atoms with Crippen molar-refractivity contribution < 1.29 is 9.18 Å². The fourth-order valence-corrected chi connectivity index (χ4v) is 2.76. The Bertz CT molecular complexity index is 719. The van der Waals surface area contributed by atoms with Crippen LogP contribution in [0.5, 0.6) is 0 Å². The third-order valence-corrected chi connectivity index (χ3v) is 4.31. The fourth-order valence-electron chi connectivity index (χ4n) is 2.40. The quantitative estimate of drug-likeness (QED) is 0.480. The van der Waals surface area contributed by atoms with E-state index in [-0.39, 0.29) is 0 Å². The van der Waals surface area contributed by atoms with Crippen molar-refractivity contribution in [3.05, 3.63) is 35.6 Å². The largest absolute Gasteiger partial charge is 0.356 e. The highest BCUT2D eigenvalue weighted by molar-refractivity contribution is 7.98. The lowest BCUT2D eigenvalue weighted by Gasteiger charge is -2.21. The number of nitrogens with zero attached hydrogens (tertiary/aromatic N) is 3. The zero-order valence-electron chi connectivity index (χ0n) is 12.4. The van der Waals surface area contributed by atoms with Crippen molar-refractivity contribution >= 4 is 23.9 Å². The summed E-state index contributed by atoms with van der Waals surface area (Å²) in [6.45, 7) is 0. The maximum absolute atomic E-state index is 14.1. The van der Waals surface area contributed by atoms with Gasteiger partial charge in [-0.2, -0.15) is 0 Å². The zero-order valence-corrected chi connectivity index (χ0v) is 13.2. The highest BCUT2D eigenvalue weighted by Crippen LogP contribution is 2.35. The van der Waals surface area contributed by atoms with E-state index in [1.54, 1.807) is 18.2 Å². The molecule has 0 radical (unpaired) electrons. The Morgan fingerprint density at radius 2 is 2.05 bits per heavy atom. The van der Waals surface area contributed by atoms with Gasteiger partial charge in [-0.1, -0.05) is 23.9 Å². The molecule has 2 aromatic rings. The minimum atomic E-state index is -0.392. The smallest absolute Gasteiger partial charge is 0.189 e. The second kappa shape index (κ2) is 6.04. The minimum absolute atomic E-state index is 0.327. The van der Waals surface area contributed by atoms with Crippen molar-refractivity contribution in [1.29, 1.82) is 0 Å². The molecule has 0 N–H and O–H groups in total. The van der Waals surface area contributed by atoms with Crippen LogP contribution in [-0.2, 0) is 0 Å². The summed E-state index contributed by atoms with van der Waals surface area (Å²) < 4.78 is 14.1. The van der Waals surface area contributed by atoms with Crippen LogP contribution in [0.25, 0.3) is 11.3 Å². The summed E-state index contributed by atoms with van der Waals surface area (Å²) >= 11 is 1.38. The van der Waals surface area contributed by atoms with E-state index in [4.69, 9.17) is 0 Å². The molecular weight excluding hydrogens is 301 g/mol. The van der Waals surface area contributed by atoms with Crippen molar-refractivity contribution in [1.82, 2.24) is 9.97 Å². The van der Waals surface area contributed by atoms with Crippen LogP contribution in [0.1, 0.15) is 23.2 Å². The molecule has 1 saturated carbocycles. The maximum Gasteiger partial charge on any atom is 0.189 e. The van der Waals surface area contributed by atoms with Gasteiger partial charge in [0, 0.05) is 18.7 Å². The molecule has 0 aliphatic heterocycles. The molecular formula is C16H16FN3OS. The third kappa shape index (κ3) is 2.70. The summed E-state index contributed by atoms with van der Waals surface area (Å²) in [5.41, 5.74) is 1.03. The molecule has 1 heterocycles. The van der Waals surface area contributed by atoms with E-state index in [2.05, 4.69) is 9.97 Å². The molecule has 3 rings (SSSR count). The van der Waals surface area contributed by atoms with Gasteiger partial charge in [-0.15, -0.1) is 0 Å². The highest BCUT2D eigenvalue weighted by atomic mass is 32.2. The van der Waals surface area contributed by atoms with Gasteiger partial charge in [-0.3, -0.25) is 4.79 Å². The first-order valence-corrected chi connectivity index (χ1v) is 8.27. The Balaban J connectivity index is 2.22. The molecule has 0 atom stereocenters. The van der Waals surface area contributed by atoms with Gasteiger partial charge >= 0.3 is 0 Å². The monoisotopic (exact) mass is 317 g/mol. The molecule has 0 spiro atoms.